The Labute approximate surface area is 204 Å². The van der Waals surface area contributed by atoms with Crippen molar-refractivity contribution < 1.29 is 29.0 Å². The Morgan fingerprint density at radius 2 is 1.71 bits per heavy atom. The quantitative estimate of drug-likeness (QED) is 0.502. The summed E-state index contributed by atoms with van der Waals surface area (Å²) in [5, 5.41) is 14.6. The molecule has 0 radical (unpaired) electrons. The lowest BCUT2D eigenvalue weighted by molar-refractivity contribution is -0.142. The van der Waals surface area contributed by atoms with Crippen LogP contribution < -0.4 is 10.6 Å². The topological polar surface area (TPSA) is 117 Å². The third-order valence-electron chi connectivity index (χ3n) is 6.43. The second-order valence-electron chi connectivity index (χ2n) is 9.26. The zero-order valence-corrected chi connectivity index (χ0v) is 19.9. The molecule has 186 valence electrons. The summed E-state index contributed by atoms with van der Waals surface area (Å²) in [4.78, 5) is 38.0. The molecule has 2 unspecified atom stereocenters. The molecular weight excluding hydrogens is 450 g/mol. The molecular formula is C26H31N3O6. The highest BCUT2D eigenvalue weighted by Gasteiger charge is 2.34. The molecule has 1 saturated heterocycles. The first kappa shape index (κ1) is 24.7. The zero-order valence-electron chi connectivity index (χ0n) is 19.9. The molecule has 1 aliphatic carbocycles. The van der Waals surface area contributed by atoms with E-state index in [9.17, 15) is 19.5 Å². The summed E-state index contributed by atoms with van der Waals surface area (Å²) in [6, 6.07) is 15.3. The molecule has 4 rings (SSSR count). The summed E-state index contributed by atoms with van der Waals surface area (Å²) in [6.07, 6.45) is -0.493. The first-order valence-electron chi connectivity index (χ1n) is 11.7. The molecule has 2 aromatic rings. The van der Waals surface area contributed by atoms with Crippen LogP contribution >= 0.6 is 0 Å². The number of amides is 2. The number of benzene rings is 2. The van der Waals surface area contributed by atoms with Gasteiger partial charge < -0.3 is 30.1 Å². The van der Waals surface area contributed by atoms with Crippen LogP contribution in [0.3, 0.4) is 0 Å². The van der Waals surface area contributed by atoms with Gasteiger partial charge in [0, 0.05) is 19.0 Å². The smallest absolute Gasteiger partial charge is 0.407 e. The minimum absolute atomic E-state index is 0.0201. The molecule has 1 heterocycles. The minimum atomic E-state index is -1.08. The van der Waals surface area contributed by atoms with Gasteiger partial charge in [-0.2, -0.15) is 0 Å². The second kappa shape index (κ2) is 10.9. The first-order valence-corrected chi connectivity index (χ1v) is 11.7. The molecule has 2 aliphatic rings. The summed E-state index contributed by atoms with van der Waals surface area (Å²) in [6.45, 7) is 0.804. The van der Waals surface area contributed by atoms with Crippen LogP contribution in [0.1, 0.15) is 23.5 Å². The standard InChI is InChI=1S/C26H31N3O6/c1-29(2)13-23(25(31)32)28-24(30)16-11-17(34-14-16)12-27-26(33)35-15-22-20-9-5-3-7-18(20)19-8-4-6-10-21(19)22/h3-10,16-17,22-23H,11-15H2,1-2H3,(H,27,33)(H,28,30)(H,31,32)/t16?,17?,23-/m0/s1. The van der Waals surface area contributed by atoms with Gasteiger partial charge >= 0.3 is 12.1 Å². The van der Waals surface area contributed by atoms with Crippen LogP contribution in [0.4, 0.5) is 4.79 Å². The number of aliphatic carboxylic acids is 1. The van der Waals surface area contributed by atoms with Crippen LogP contribution in [-0.4, -0.2) is 80.5 Å². The van der Waals surface area contributed by atoms with Crippen LogP contribution in [0.2, 0.25) is 0 Å². The van der Waals surface area contributed by atoms with E-state index in [-0.39, 0.29) is 44.2 Å². The predicted molar refractivity (Wildman–Crippen MR) is 129 cm³/mol. The lowest BCUT2D eigenvalue weighted by Gasteiger charge is -2.20. The Bertz CT molecular complexity index is 1040. The van der Waals surface area contributed by atoms with Crippen molar-refractivity contribution in [3.63, 3.8) is 0 Å². The Kier molecular flexibility index (Phi) is 7.67. The van der Waals surface area contributed by atoms with E-state index < -0.39 is 24.0 Å². The third kappa shape index (κ3) is 5.80. The van der Waals surface area contributed by atoms with Crippen LogP contribution in [0.15, 0.2) is 48.5 Å². The van der Waals surface area contributed by atoms with Gasteiger partial charge in [0.1, 0.15) is 12.6 Å². The van der Waals surface area contributed by atoms with E-state index in [0.717, 1.165) is 22.3 Å². The maximum atomic E-state index is 12.5. The van der Waals surface area contributed by atoms with Gasteiger partial charge in [0.2, 0.25) is 5.91 Å². The van der Waals surface area contributed by atoms with Gasteiger partial charge in [-0.15, -0.1) is 0 Å². The van der Waals surface area contributed by atoms with Crippen LogP contribution in [0.25, 0.3) is 11.1 Å². The number of hydrogen-bond acceptors (Lipinski definition) is 6. The fourth-order valence-corrected chi connectivity index (χ4v) is 4.72. The number of ether oxygens (including phenoxy) is 2. The Morgan fingerprint density at radius 3 is 2.31 bits per heavy atom. The Hall–Kier alpha value is -3.43. The highest BCUT2D eigenvalue weighted by molar-refractivity contribution is 5.85. The highest BCUT2D eigenvalue weighted by Crippen LogP contribution is 2.44. The molecule has 2 amide bonds. The number of carboxylic acid groups (broad SMARTS) is 1. The van der Waals surface area contributed by atoms with E-state index in [1.165, 1.54) is 0 Å². The molecule has 1 aliphatic heterocycles. The molecule has 0 aromatic heterocycles. The zero-order chi connectivity index (χ0) is 24.9. The minimum Gasteiger partial charge on any atom is -0.480 e. The van der Waals surface area contributed by atoms with Crippen molar-refractivity contribution in [2.24, 2.45) is 5.92 Å². The van der Waals surface area contributed by atoms with Crippen molar-refractivity contribution in [1.82, 2.24) is 15.5 Å². The van der Waals surface area contributed by atoms with Crippen molar-refractivity contribution in [2.75, 3.05) is 40.4 Å². The molecule has 2 aromatic carbocycles. The van der Waals surface area contributed by atoms with Gasteiger partial charge in [-0.05, 0) is 42.8 Å². The van der Waals surface area contributed by atoms with E-state index in [4.69, 9.17) is 9.47 Å². The SMILES string of the molecule is CN(C)C[C@H](NC(=O)C1COC(CNC(=O)OCC2c3ccccc3-c3ccccc32)C1)C(=O)O. The van der Waals surface area contributed by atoms with Crippen molar-refractivity contribution in [1.29, 1.82) is 0 Å². The number of carbonyl (C=O) groups excluding carboxylic acids is 2. The molecule has 9 heteroatoms. The number of carboxylic acids is 1. The number of nitrogens with zero attached hydrogens (tertiary/aromatic N) is 1. The summed E-state index contributed by atoms with van der Waals surface area (Å²) in [5.74, 6) is -1.93. The molecule has 3 atom stereocenters. The van der Waals surface area contributed by atoms with Crippen LogP contribution in [-0.2, 0) is 19.1 Å². The lowest BCUT2D eigenvalue weighted by Crippen LogP contribution is -2.49. The van der Waals surface area contributed by atoms with Crippen molar-refractivity contribution in [3.8, 4) is 11.1 Å². The number of hydrogen-bond donors (Lipinski definition) is 3. The van der Waals surface area contributed by atoms with Gasteiger partial charge in [0.05, 0.1) is 18.6 Å². The number of rotatable bonds is 9. The van der Waals surface area contributed by atoms with E-state index in [1.807, 2.05) is 24.3 Å². The van der Waals surface area contributed by atoms with E-state index in [0.29, 0.717) is 6.42 Å². The van der Waals surface area contributed by atoms with E-state index >= 15 is 0 Å². The average Bonchev–Trinajstić information content (AvgIpc) is 3.44. The second-order valence-corrected chi connectivity index (χ2v) is 9.26. The van der Waals surface area contributed by atoms with Gasteiger partial charge in [-0.1, -0.05) is 48.5 Å². The number of alkyl carbamates (subject to hydrolysis) is 1. The molecule has 0 spiro atoms. The summed E-state index contributed by atoms with van der Waals surface area (Å²) in [7, 11) is 3.48. The van der Waals surface area contributed by atoms with Crippen molar-refractivity contribution in [3.05, 3.63) is 59.7 Å². The highest BCUT2D eigenvalue weighted by atomic mass is 16.5. The summed E-state index contributed by atoms with van der Waals surface area (Å²) >= 11 is 0. The molecule has 1 fully saturated rings. The van der Waals surface area contributed by atoms with Crippen LogP contribution in [0, 0.1) is 5.92 Å². The van der Waals surface area contributed by atoms with Gasteiger partial charge in [0.15, 0.2) is 0 Å². The summed E-state index contributed by atoms with van der Waals surface area (Å²) < 4.78 is 11.2. The Balaban J connectivity index is 1.24. The predicted octanol–water partition coefficient (Wildman–Crippen LogP) is 2.06. The van der Waals surface area contributed by atoms with Gasteiger partial charge in [0.25, 0.3) is 0 Å². The molecule has 35 heavy (non-hydrogen) atoms. The number of nitrogens with one attached hydrogen (secondary N) is 2. The van der Waals surface area contributed by atoms with E-state index in [1.54, 1.807) is 19.0 Å². The van der Waals surface area contributed by atoms with E-state index in [2.05, 4.69) is 34.9 Å². The number of likely N-dealkylation sites (N-methyl/N-ethyl adjacent to an activating group) is 1. The van der Waals surface area contributed by atoms with Gasteiger partial charge in [-0.3, -0.25) is 4.79 Å². The average molecular weight is 482 g/mol. The first-order chi connectivity index (χ1) is 16.8. The van der Waals surface area contributed by atoms with Crippen molar-refractivity contribution in [2.45, 2.75) is 24.5 Å². The third-order valence-corrected chi connectivity index (χ3v) is 6.43. The monoisotopic (exact) mass is 481 g/mol. The normalized spacial score (nSPS) is 19.6. The number of carbonyl (C=O) groups is 3. The fourth-order valence-electron chi connectivity index (χ4n) is 4.72. The fraction of sp³-hybridized carbons (Fsp3) is 0.423. The Morgan fingerprint density at radius 1 is 1.09 bits per heavy atom. The van der Waals surface area contributed by atoms with Crippen molar-refractivity contribution >= 4 is 18.0 Å². The number of fused-ring (bicyclic) bond motifs is 3. The maximum absolute atomic E-state index is 12.5. The molecule has 9 nitrogen and oxygen atoms in total. The largest absolute Gasteiger partial charge is 0.480 e. The summed E-state index contributed by atoms with van der Waals surface area (Å²) in [5.41, 5.74) is 4.61. The molecule has 0 saturated carbocycles. The van der Waals surface area contributed by atoms with Gasteiger partial charge in [-0.25, -0.2) is 9.59 Å². The lowest BCUT2D eigenvalue weighted by atomic mass is 9.98. The maximum Gasteiger partial charge on any atom is 0.407 e. The van der Waals surface area contributed by atoms with Crippen LogP contribution in [0.5, 0.6) is 0 Å². The molecule has 3 N–H and O–H groups in total. The molecule has 0 bridgehead atoms.